The molecule has 0 aromatic carbocycles. The number of thiophene rings is 1. The number of hydrogen-bond donors (Lipinski definition) is 1. The normalized spacial score (nSPS) is 23.0. The van der Waals surface area contributed by atoms with Gasteiger partial charge in [-0.05, 0) is 71.9 Å². The molecule has 2 aromatic heterocycles. The van der Waals surface area contributed by atoms with Crippen molar-refractivity contribution in [2.24, 2.45) is 10.8 Å². The number of aromatic nitrogens is 1. The largest absolute Gasteiger partial charge is 0.347 e. The Morgan fingerprint density at radius 2 is 1.62 bits per heavy atom. The molecular weight excluding hydrogens is 468 g/mol. The fourth-order valence-corrected chi connectivity index (χ4v) is 8.93. The fourth-order valence-electron chi connectivity index (χ4n) is 6.68. The Morgan fingerprint density at radius 1 is 1.07 bits per heavy atom. The number of nitrogens with one attached hydrogen (secondary N) is 1. The zero-order valence-electron chi connectivity index (χ0n) is 17.2. The molecule has 2 spiro atoms. The van der Waals surface area contributed by atoms with Gasteiger partial charge in [0.25, 0.3) is 5.91 Å². The van der Waals surface area contributed by atoms with Crippen LogP contribution in [0.25, 0.3) is 10.2 Å². The smallest absolute Gasteiger partial charge is 0.262 e. The van der Waals surface area contributed by atoms with Crippen molar-refractivity contribution in [2.75, 3.05) is 0 Å². The summed E-state index contributed by atoms with van der Waals surface area (Å²) in [5, 5.41) is 5.19. The van der Waals surface area contributed by atoms with E-state index in [4.69, 9.17) is 11.6 Å². The molecule has 2 aromatic rings. The van der Waals surface area contributed by atoms with Gasteiger partial charge in [0.05, 0.1) is 15.2 Å². The number of hydrogen-bond acceptors (Lipinski definition) is 3. The number of carbonyl (C=O) groups is 1. The van der Waals surface area contributed by atoms with E-state index >= 15 is 0 Å². The Morgan fingerprint density at radius 3 is 2.17 bits per heavy atom. The first-order valence-corrected chi connectivity index (χ1v) is 13.0. The molecule has 0 bridgehead atoms. The molecular formula is C23H28BrClN2OS. The Balaban J connectivity index is 1.47. The van der Waals surface area contributed by atoms with Gasteiger partial charge in [0.1, 0.15) is 9.71 Å². The van der Waals surface area contributed by atoms with E-state index in [1.165, 1.54) is 75.5 Å². The van der Waals surface area contributed by atoms with Crippen LogP contribution in [0.2, 0.25) is 5.02 Å². The first-order chi connectivity index (χ1) is 13.9. The number of halogens is 2. The average molecular weight is 496 g/mol. The zero-order valence-corrected chi connectivity index (χ0v) is 20.3. The van der Waals surface area contributed by atoms with Crippen LogP contribution in [0.5, 0.6) is 0 Å². The number of aryl methyl sites for hydroxylation is 2. The second kappa shape index (κ2) is 7.20. The third kappa shape index (κ3) is 2.86. The maximum absolute atomic E-state index is 13.4. The minimum Gasteiger partial charge on any atom is -0.347 e. The summed E-state index contributed by atoms with van der Waals surface area (Å²) in [4.78, 5) is 19.7. The topological polar surface area (TPSA) is 42.0 Å². The predicted octanol–water partition coefficient (Wildman–Crippen LogP) is 7.34. The van der Waals surface area contributed by atoms with Gasteiger partial charge in [-0.3, -0.25) is 4.79 Å². The van der Waals surface area contributed by atoms with Crippen LogP contribution in [0.4, 0.5) is 0 Å². The molecule has 3 saturated carbocycles. The second-order valence-corrected chi connectivity index (χ2v) is 11.6. The predicted molar refractivity (Wildman–Crippen MR) is 124 cm³/mol. The van der Waals surface area contributed by atoms with Crippen LogP contribution in [-0.4, -0.2) is 16.9 Å². The summed E-state index contributed by atoms with van der Waals surface area (Å²) in [5.41, 5.74) is 2.54. The third-order valence-corrected chi connectivity index (χ3v) is 10.8. The van der Waals surface area contributed by atoms with E-state index in [1.54, 1.807) is 0 Å². The van der Waals surface area contributed by atoms with Crippen molar-refractivity contribution in [3.63, 3.8) is 0 Å². The molecule has 156 valence electrons. The molecule has 5 rings (SSSR count). The molecule has 0 unspecified atom stereocenters. The van der Waals surface area contributed by atoms with Gasteiger partial charge in [-0.1, -0.05) is 50.1 Å². The van der Waals surface area contributed by atoms with Crippen molar-refractivity contribution in [1.82, 2.24) is 10.3 Å². The molecule has 1 N–H and O–H groups in total. The maximum atomic E-state index is 13.4. The lowest BCUT2D eigenvalue weighted by molar-refractivity contribution is 0.0943. The van der Waals surface area contributed by atoms with Gasteiger partial charge < -0.3 is 5.32 Å². The molecule has 3 aliphatic rings. The minimum atomic E-state index is 0.0606. The van der Waals surface area contributed by atoms with Gasteiger partial charge in [0.15, 0.2) is 0 Å². The lowest BCUT2D eigenvalue weighted by Gasteiger charge is -2.31. The van der Waals surface area contributed by atoms with Crippen LogP contribution < -0.4 is 5.32 Å². The van der Waals surface area contributed by atoms with E-state index in [-0.39, 0.29) is 5.91 Å². The number of fused-ring (bicyclic) bond motifs is 2. The zero-order chi connectivity index (χ0) is 20.4. The molecule has 0 atom stereocenters. The Bertz CT molecular complexity index is 965. The maximum Gasteiger partial charge on any atom is 0.262 e. The number of carbonyl (C=O) groups excluding carboxylic acids is 1. The Labute approximate surface area is 190 Å². The van der Waals surface area contributed by atoms with Crippen LogP contribution in [0.3, 0.4) is 0 Å². The third-order valence-electron chi connectivity index (χ3n) is 8.11. The first kappa shape index (κ1) is 20.3. The van der Waals surface area contributed by atoms with Gasteiger partial charge in [-0.2, -0.15) is 0 Å². The summed E-state index contributed by atoms with van der Waals surface area (Å²) in [6.45, 7) is 3.93. The van der Waals surface area contributed by atoms with Crippen molar-refractivity contribution in [1.29, 1.82) is 0 Å². The number of amides is 1. The Hall–Kier alpha value is -0.650. The van der Waals surface area contributed by atoms with Crippen LogP contribution >= 0.6 is 38.9 Å². The van der Waals surface area contributed by atoms with Crippen LogP contribution in [0.1, 0.15) is 85.1 Å². The van der Waals surface area contributed by atoms with Crippen LogP contribution in [0, 0.1) is 24.7 Å². The van der Waals surface area contributed by atoms with E-state index in [0.717, 1.165) is 30.8 Å². The summed E-state index contributed by atoms with van der Waals surface area (Å²) in [7, 11) is 0. The van der Waals surface area contributed by atoms with Crippen molar-refractivity contribution < 1.29 is 4.79 Å². The van der Waals surface area contributed by atoms with Crippen LogP contribution in [0.15, 0.2) is 4.47 Å². The second-order valence-electron chi connectivity index (χ2n) is 9.40. The molecule has 0 radical (unpaired) electrons. The number of pyridine rings is 1. The molecule has 0 aliphatic heterocycles. The highest BCUT2D eigenvalue weighted by Crippen LogP contribution is 2.75. The molecule has 3 nitrogen and oxygen atoms in total. The summed E-state index contributed by atoms with van der Waals surface area (Å²) in [5.74, 6) is 0.0606. The van der Waals surface area contributed by atoms with Gasteiger partial charge >= 0.3 is 0 Å². The SMILES string of the molecule is Cc1nc2sc(C(=O)NC3C4(CCCCC4)C34CCCCC4)c(Br)c2c(C)c1Cl. The monoisotopic (exact) mass is 494 g/mol. The van der Waals surface area contributed by atoms with Crippen molar-refractivity contribution in [3.05, 3.63) is 25.6 Å². The number of nitrogens with zero attached hydrogens (tertiary/aromatic N) is 1. The highest BCUT2D eigenvalue weighted by molar-refractivity contribution is 9.10. The average Bonchev–Trinajstić information content (AvgIpc) is 3.02. The fraction of sp³-hybridized carbons (Fsp3) is 0.652. The van der Waals surface area contributed by atoms with Crippen LogP contribution in [-0.2, 0) is 0 Å². The van der Waals surface area contributed by atoms with E-state index in [2.05, 4.69) is 26.2 Å². The number of rotatable bonds is 2. The lowest BCUT2D eigenvalue weighted by Crippen LogP contribution is -2.31. The van der Waals surface area contributed by atoms with Gasteiger partial charge in [0, 0.05) is 11.4 Å². The summed E-state index contributed by atoms with van der Waals surface area (Å²) < 4.78 is 0.845. The van der Waals surface area contributed by atoms with E-state index in [9.17, 15) is 4.79 Å². The van der Waals surface area contributed by atoms with Crippen molar-refractivity contribution >= 4 is 55.0 Å². The molecule has 0 saturated heterocycles. The molecule has 3 fully saturated rings. The first-order valence-electron chi connectivity index (χ1n) is 11.0. The molecule has 6 heteroatoms. The lowest BCUT2D eigenvalue weighted by atomic mass is 9.73. The van der Waals surface area contributed by atoms with E-state index in [0.29, 0.717) is 21.9 Å². The van der Waals surface area contributed by atoms with Gasteiger partial charge in [0.2, 0.25) is 0 Å². The Kier molecular flexibility index (Phi) is 5.03. The standard InChI is InChI=1S/C23H28BrClN2OS/c1-13-15-16(24)18(29-20(15)26-14(2)17(13)25)19(28)27-21-22(9-5-3-6-10-22)23(21)11-7-4-8-12-23/h21H,3-12H2,1-2H3,(H,27,28). The van der Waals surface area contributed by atoms with Crippen molar-refractivity contribution in [3.8, 4) is 0 Å². The van der Waals surface area contributed by atoms with E-state index < -0.39 is 0 Å². The van der Waals surface area contributed by atoms with Gasteiger partial charge in [-0.15, -0.1) is 11.3 Å². The summed E-state index contributed by atoms with van der Waals surface area (Å²) >= 11 is 11.6. The highest BCUT2D eigenvalue weighted by Gasteiger charge is 2.75. The minimum absolute atomic E-state index is 0.0606. The van der Waals surface area contributed by atoms with Gasteiger partial charge in [-0.25, -0.2) is 4.98 Å². The quantitative estimate of drug-likeness (QED) is 0.473. The van der Waals surface area contributed by atoms with Crippen molar-refractivity contribution in [2.45, 2.75) is 84.1 Å². The summed E-state index contributed by atoms with van der Waals surface area (Å²) in [6, 6.07) is 0.347. The molecule has 2 heterocycles. The molecule has 1 amide bonds. The molecule has 29 heavy (non-hydrogen) atoms. The summed E-state index contributed by atoms with van der Waals surface area (Å²) in [6.07, 6.45) is 13.2. The van der Waals surface area contributed by atoms with E-state index in [1.807, 2.05) is 13.8 Å². The highest BCUT2D eigenvalue weighted by atomic mass is 79.9. The molecule has 3 aliphatic carbocycles.